The first-order valence-corrected chi connectivity index (χ1v) is 5.93. The summed E-state index contributed by atoms with van der Waals surface area (Å²) >= 11 is 0. The van der Waals surface area contributed by atoms with Gasteiger partial charge in [-0.2, -0.15) is 0 Å². The zero-order valence-electron chi connectivity index (χ0n) is 9.37. The molecule has 15 heavy (non-hydrogen) atoms. The summed E-state index contributed by atoms with van der Waals surface area (Å²) in [6.07, 6.45) is 2.25. The highest BCUT2D eigenvalue weighted by atomic mass is 16.5. The van der Waals surface area contributed by atoms with Crippen LogP contribution in [-0.4, -0.2) is 49.7 Å². The topological polar surface area (TPSA) is 41.6 Å². The Morgan fingerprint density at radius 2 is 2.33 bits per heavy atom. The van der Waals surface area contributed by atoms with Gasteiger partial charge in [-0.25, -0.2) is 0 Å². The Morgan fingerprint density at radius 3 is 2.93 bits per heavy atom. The third-order valence-electron chi connectivity index (χ3n) is 3.31. The number of likely N-dealkylation sites (tertiary alicyclic amines) is 1. The van der Waals surface area contributed by atoms with Crippen molar-refractivity contribution in [2.75, 3.05) is 32.7 Å². The summed E-state index contributed by atoms with van der Waals surface area (Å²) in [5.74, 6) is 0.124. The molecule has 4 nitrogen and oxygen atoms in total. The summed E-state index contributed by atoms with van der Waals surface area (Å²) in [6, 6.07) is 0. The minimum atomic E-state index is 0.0136. The number of ether oxygens (including phenoxy) is 1. The smallest absolute Gasteiger partial charge is 0.310 e. The molecule has 4 heteroatoms. The largest absolute Gasteiger partial charge is 0.459 e. The van der Waals surface area contributed by atoms with Gasteiger partial charge in [-0.15, -0.1) is 0 Å². The van der Waals surface area contributed by atoms with Gasteiger partial charge in [-0.3, -0.25) is 4.79 Å². The molecule has 0 aromatic heterocycles. The van der Waals surface area contributed by atoms with Gasteiger partial charge in [0.15, 0.2) is 0 Å². The Balaban J connectivity index is 1.78. The molecule has 2 saturated heterocycles. The Kier molecular flexibility index (Phi) is 3.59. The number of piperidine rings is 1. The van der Waals surface area contributed by atoms with Crippen molar-refractivity contribution in [2.24, 2.45) is 5.92 Å². The highest BCUT2D eigenvalue weighted by Crippen LogP contribution is 2.18. The van der Waals surface area contributed by atoms with Crippen LogP contribution >= 0.6 is 0 Å². The van der Waals surface area contributed by atoms with Gasteiger partial charge in [0.25, 0.3) is 0 Å². The zero-order valence-corrected chi connectivity index (χ0v) is 9.37. The molecule has 0 bridgehead atoms. The van der Waals surface area contributed by atoms with Crippen LogP contribution < -0.4 is 5.32 Å². The summed E-state index contributed by atoms with van der Waals surface area (Å²) in [7, 11) is 0. The lowest BCUT2D eigenvalue weighted by Crippen LogP contribution is -2.51. The van der Waals surface area contributed by atoms with E-state index < -0.39 is 0 Å². The van der Waals surface area contributed by atoms with Crippen LogP contribution in [0.5, 0.6) is 0 Å². The summed E-state index contributed by atoms with van der Waals surface area (Å²) in [5, 5.41) is 3.10. The lowest BCUT2D eigenvalue weighted by atomic mass is 9.98. The number of hydrogen-bond acceptors (Lipinski definition) is 4. The van der Waals surface area contributed by atoms with Gasteiger partial charge in [-0.1, -0.05) is 6.92 Å². The summed E-state index contributed by atoms with van der Waals surface area (Å²) in [4.78, 5) is 14.1. The number of nitrogens with zero attached hydrogens (tertiary/aromatic N) is 1. The molecule has 86 valence electrons. The van der Waals surface area contributed by atoms with Crippen LogP contribution in [0.4, 0.5) is 0 Å². The van der Waals surface area contributed by atoms with Gasteiger partial charge >= 0.3 is 5.97 Å². The first-order valence-electron chi connectivity index (χ1n) is 5.93. The maximum atomic E-state index is 11.8. The van der Waals surface area contributed by atoms with E-state index in [2.05, 4.69) is 17.1 Å². The van der Waals surface area contributed by atoms with E-state index in [0.717, 1.165) is 45.6 Å². The Hall–Kier alpha value is -0.610. The normalized spacial score (nSPS) is 28.5. The van der Waals surface area contributed by atoms with Crippen LogP contribution in [0.2, 0.25) is 0 Å². The second-order valence-electron chi connectivity index (χ2n) is 4.45. The van der Waals surface area contributed by atoms with E-state index in [0.29, 0.717) is 0 Å². The molecule has 0 radical (unpaired) electrons. The maximum absolute atomic E-state index is 11.8. The lowest BCUT2D eigenvalue weighted by molar-refractivity contribution is -0.158. The highest BCUT2D eigenvalue weighted by Gasteiger charge is 2.29. The van der Waals surface area contributed by atoms with Crippen molar-refractivity contribution < 1.29 is 9.53 Å². The third kappa shape index (κ3) is 2.69. The van der Waals surface area contributed by atoms with E-state index in [-0.39, 0.29) is 18.0 Å². The van der Waals surface area contributed by atoms with Crippen molar-refractivity contribution in [3.05, 3.63) is 0 Å². The van der Waals surface area contributed by atoms with Gasteiger partial charge in [-0.05, 0) is 25.9 Å². The first-order chi connectivity index (χ1) is 7.29. The van der Waals surface area contributed by atoms with Crippen LogP contribution in [0.25, 0.3) is 0 Å². The minimum absolute atomic E-state index is 0.0136. The number of esters is 1. The van der Waals surface area contributed by atoms with Gasteiger partial charge in [0.05, 0.1) is 5.92 Å². The predicted molar refractivity (Wildman–Crippen MR) is 57.6 cm³/mol. The van der Waals surface area contributed by atoms with Crippen molar-refractivity contribution in [3.8, 4) is 0 Å². The van der Waals surface area contributed by atoms with Crippen molar-refractivity contribution in [1.29, 1.82) is 0 Å². The van der Waals surface area contributed by atoms with E-state index in [4.69, 9.17) is 4.74 Å². The molecule has 2 rings (SSSR count). The van der Waals surface area contributed by atoms with Gasteiger partial charge < -0.3 is 15.0 Å². The predicted octanol–water partition coefficient (Wildman–Crippen LogP) is 0.233. The SMILES string of the molecule is CCN1CCCC(C(=O)OC2CNC2)C1. The molecule has 0 amide bonds. The minimum Gasteiger partial charge on any atom is -0.459 e. The molecule has 2 fully saturated rings. The van der Waals surface area contributed by atoms with Crippen LogP contribution in [-0.2, 0) is 9.53 Å². The second-order valence-corrected chi connectivity index (χ2v) is 4.45. The molecular formula is C11H20N2O2. The number of rotatable bonds is 3. The van der Waals surface area contributed by atoms with Crippen molar-refractivity contribution >= 4 is 5.97 Å². The molecular weight excluding hydrogens is 192 g/mol. The quantitative estimate of drug-likeness (QED) is 0.680. The summed E-state index contributed by atoms with van der Waals surface area (Å²) in [5.41, 5.74) is 0. The fourth-order valence-corrected chi connectivity index (χ4v) is 2.14. The lowest BCUT2D eigenvalue weighted by Gasteiger charge is -2.33. The average molecular weight is 212 g/mol. The summed E-state index contributed by atoms with van der Waals surface area (Å²) in [6.45, 7) is 6.85. The second kappa shape index (κ2) is 4.94. The van der Waals surface area contributed by atoms with E-state index in [1.165, 1.54) is 0 Å². The standard InChI is InChI=1S/C11H20N2O2/c1-2-13-5-3-4-9(8-13)11(14)15-10-6-12-7-10/h9-10,12H,2-8H2,1H3. The first kappa shape index (κ1) is 10.9. The fourth-order valence-electron chi connectivity index (χ4n) is 2.14. The van der Waals surface area contributed by atoms with E-state index in [1.807, 2.05) is 0 Å². The van der Waals surface area contributed by atoms with Crippen LogP contribution in [0, 0.1) is 5.92 Å². The van der Waals surface area contributed by atoms with E-state index in [9.17, 15) is 4.79 Å². The molecule has 1 atom stereocenters. The van der Waals surface area contributed by atoms with Crippen LogP contribution in [0.15, 0.2) is 0 Å². The molecule has 0 saturated carbocycles. The van der Waals surface area contributed by atoms with Crippen LogP contribution in [0.1, 0.15) is 19.8 Å². The Labute approximate surface area is 91.0 Å². The number of nitrogens with one attached hydrogen (secondary N) is 1. The molecule has 1 unspecified atom stereocenters. The van der Waals surface area contributed by atoms with Crippen molar-refractivity contribution in [1.82, 2.24) is 10.2 Å². The number of carbonyl (C=O) groups excluding carboxylic acids is 1. The zero-order chi connectivity index (χ0) is 10.7. The molecule has 0 aliphatic carbocycles. The Morgan fingerprint density at radius 1 is 1.53 bits per heavy atom. The molecule has 0 aromatic rings. The number of hydrogen-bond donors (Lipinski definition) is 1. The molecule has 0 aromatic carbocycles. The molecule has 2 heterocycles. The number of carbonyl (C=O) groups is 1. The van der Waals surface area contributed by atoms with Crippen molar-refractivity contribution in [3.63, 3.8) is 0 Å². The third-order valence-corrected chi connectivity index (χ3v) is 3.31. The molecule has 0 spiro atoms. The summed E-state index contributed by atoms with van der Waals surface area (Å²) < 4.78 is 5.39. The van der Waals surface area contributed by atoms with Gasteiger partial charge in [0.2, 0.25) is 0 Å². The average Bonchev–Trinajstić information content (AvgIpc) is 2.23. The van der Waals surface area contributed by atoms with E-state index in [1.54, 1.807) is 0 Å². The van der Waals surface area contributed by atoms with E-state index >= 15 is 0 Å². The van der Waals surface area contributed by atoms with Gasteiger partial charge in [0.1, 0.15) is 6.10 Å². The monoisotopic (exact) mass is 212 g/mol. The maximum Gasteiger partial charge on any atom is 0.310 e. The molecule has 1 N–H and O–H groups in total. The van der Waals surface area contributed by atoms with Crippen molar-refractivity contribution in [2.45, 2.75) is 25.9 Å². The van der Waals surface area contributed by atoms with Crippen LogP contribution in [0.3, 0.4) is 0 Å². The highest BCUT2D eigenvalue weighted by molar-refractivity contribution is 5.73. The van der Waals surface area contributed by atoms with Gasteiger partial charge in [0, 0.05) is 19.6 Å². The Bertz CT molecular complexity index is 229. The molecule has 2 aliphatic rings. The fraction of sp³-hybridized carbons (Fsp3) is 0.909. The molecule has 2 aliphatic heterocycles.